The molecule has 2 aliphatic heterocycles. The standard InChI is InChI=1S/C15H24N2/c1-2-5-17-8-14-10-3-4-11(15(14)9-17)13-7-16-6-12(10)13/h3-4,10-16H,2,5-9H2,1H3. The van der Waals surface area contributed by atoms with Gasteiger partial charge >= 0.3 is 0 Å². The summed E-state index contributed by atoms with van der Waals surface area (Å²) in [6, 6.07) is 0. The maximum absolute atomic E-state index is 3.64. The number of hydrogen-bond donors (Lipinski definition) is 1. The molecule has 1 N–H and O–H groups in total. The third-order valence-electron chi connectivity index (χ3n) is 5.87. The van der Waals surface area contributed by atoms with Crippen LogP contribution in [0.2, 0.25) is 0 Å². The van der Waals surface area contributed by atoms with Gasteiger partial charge in [-0.15, -0.1) is 0 Å². The summed E-state index contributed by atoms with van der Waals surface area (Å²) in [6.07, 6.45) is 6.47. The Morgan fingerprint density at radius 1 is 1.00 bits per heavy atom. The van der Waals surface area contributed by atoms with E-state index in [9.17, 15) is 0 Å². The average molecular weight is 232 g/mol. The van der Waals surface area contributed by atoms with E-state index in [1.807, 2.05) is 0 Å². The van der Waals surface area contributed by atoms with Crippen molar-refractivity contribution in [2.75, 3.05) is 32.7 Å². The van der Waals surface area contributed by atoms with Gasteiger partial charge in [-0.3, -0.25) is 0 Å². The fourth-order valence-corrected chi connectivity index (χ4v) is 5.28. The Morgan fingerprint density at radius 2 is 1.59 bits per heavy atom. The molecule has 3 fully saturated rings. The fourth-order valence-electron chi connectivity index (χ4n) is 5.28. The van der Waals surface area contributed by atoms with Gasteiger partial charge in [0.05, 0.1) is 0 Å². The van der Waals surface area contributed by atoms with Crippen molar-refractivity contribution in [3.63, 3.8) is 0 Å². The predicted octanol–water partition coefficient (Wildman–Crippen LogP) is 1.60. The van der Waals surface area contributed by atoms with Gasteiger partial charge in [0.1, 0.15) is 0 Å². The van der Waals surface area contributed by atoms with E-state index in [0.29, 0.717) is 0 Å². The Labute approximate surface area is 104 Å². The lowest BCUT2D eigenvalue weighted by atomic mass is 9.55. The molecule has 5 aliphatic rings. The van der Waals surface area contributed by atoms with Crippen molar-refractivity contribution in [1.82, 2.24) is 10.2 Å². The number of hydrogen-bond acceptors (Lipinski definition) is 2. The van der Waals surface area contributed by atoms with Crippen LogP contribution < -0.4 is 5.32 Å². The monoisotopic (exact) mass is 232 g/mol. The highest BCUT2D eigenvalue weighted by molar-refractivity contribution is 5.19. The summed E-state index contributed by atoms with van der Waals surface area (Å²) in [7, 11) is 0. The molecule has 0 aromatic rings. The van der Waals surface area contributed by atoms with E-state index in [1.165, 1.54) is 39.1 Å². The number of rotatable bonds is 2. The lowest BCUT2D eigenvalue weighted by molar-refractivity contribution is 0.0650. The lowest BCUT2D eigenvalue weighted by Crippen LogP contribution is -2.47. The summed E-state index contributed by atoms with van der Waals surface area (Å²) in [5.74, 6) is 5.69. The molecule has 1 saturated carbocycles. The number of nitrogens with zero attached hydrogens (tertiary/aromatic N) is 1. The Balaban J connectivity index is 1.60. The van der Waals surface area contributed by atoms with Crippen LogP contribution in [0.5, 0.6) is 0 Å². The zero-order valence-corrected chi connectivity index (χ0v) is 10.8. The second-order valence-electron chi connectivity index (χ2n) is 6.61. The van der Waals surface area contributed by atoms with Crippen molar-refractivity contribution >= 4 is 0 Å². The van der Waals surface area contributed by atoms with Crippen molar-refractivity contribution < 1.29 is 0 Å². The van der Waals surface area contributed by atoms with Gasteiger partial charge in [-0.25, -0.2) is 0 Å². The smallest absolute Gasteiger partial charge is 0.00189 e. The van der Waals surface area contributed by atoms with Crippen molar-refractivity contribution in [2.24, 2.45) is 35.5 Å². The van der Waals surface area contributed by atoms with E-state index in [0.717, 1.165) is 35.5 Å². The molecule has 2 heteroatoms. The summed E-state index contributed by atoms with van der Waals surface area (Å²) in [5.41, 5.74) is 0. The summed E-state index contributed by atoms with van der Waals surface area (Å²) in [5, 5.41) is 3.64. The van der Waals surface area contributed by atoms with Gasteiger partial charge in [0.15, 0.2) is 0 Å². The Hall–Kier alpha value is -0.340. The Bertz CT molecular complexity index is 310. The first kappa shape index (κ1) is 10.6. The number of nitrogens with one attached hydrogen (secondary N) is 1. The molecule has 0 aromatic heterocycles. The van der Waals surface area contributed by atoms with Crippen LogP contribution in [-0.2, 0) is 0 Å². The van der Waals surface area contributed by atoms with Gasteiger partial charge in [-0.1, -0.05) is 19.1 Å². The maximum Gasteiger partial charge on any atom is 0.00189 e. The van der Waals surface area contributed by atoms with Gasteiger partial charge in [-0.05, 0) is 61.6 Å². The molecule has 6 unspecified atom stereocenters. The first-order valence-corrected chi connectivity index (χ1v) is 7.50. The fraction of sp³-hybridized carbons (Fsp3) is 0.867. The molecule has 17 heavy (non-hydrogen) atoms. The molecule has 2 heterocycles. The normalized spacial score (nSPS) is 51.8. The molecule has 0 radical (unpaired) electrons. The van der Waals surface area contributed by atoms with E-state index in [2.05, 4.69) is 29.3 Å². The highest BCUT2D eigenvalue weighted by Gasteiger charge is 2.55. The van der Waals surface area contributed by atoms with Crippen molar-refractivity contribution in [1.29, 1.82) is 0 Å². The minimum absolute atomic E-state index is 0.895. The van der Waals surface area contributed by atoms with E-state index < -0.39 is 0 Å². The molecule has 0 spiro atoms. The lowest BCUT2D eigenvalue weighted by Gasteiger charge is -2.48. The zero-order chi connectivity index (χ0) is 11.4. The van der Waals surface area contributed by atoms with Crippen molar-refractivity contribution in [3.05, 3.63) is 12.2 Å². The predicted molar refractivity (Wildman–Crippen MR) is 69.7 cm³/mol. The highest BCUT2D eigenvalue weighted by atomic mass is 15.2. The Kier molecular flexibility index (Phi) is 2.38. The molecule has 2 saturated heterocycles. The first-order valence-electron chi connectivity index (χ1n) is 7.50. The minimum Gasteiger partial charge on any atom is -0.316 e. The van der Waals surface area contributed by atoms with Crippen molar-refractivity contribution in [3.8, 4) is 0 Å². The molecule has 6 atom stereocenters. The summed E-state index contributed by atoms with van der Waals surface area (Å²) >= 11 is 0. The number of allylic oxidation sites excluding steroid dienone is 2. The van der Waals surface area contributed by atoms with Crippen LogP contribution in [0.15, 0.2) is 12.2 Å². The molecule has 5 rings (SSSR count). The molecular formula is C15H24N2. The summed E-state index contributed by atoms with van der Waals surface area (Å²) in [4.78, 5) is 2.73. The molecule has 3 aliphatic carbocycles. The van der Waals surface area contributed by atoms with Gasteiger partial charge in [0.25, 0.3) is 0 Å². The molecule has 94 valence electrons. The first-order chi connectivity index (χ1) is 8.38. The van der Waals surface area contributed by atoms with Crippen LogP contribution in [0, 0.1) is 35.5 Å². The maximum atomic E-state index is 3.64. The molecule has 2 bridgehead atoms. The molecule has 0 aromatic carbocycles. The van der Waals surface area contributed by atoms with E-state index in [-0.39, 0.29) is 0 Å². The molecule has 0 amide bonds. The quantitative estimate of drug-likeness (QED) is 0.728. The van der Waals surface area contributed by atoms with Crippen LogP contribution in [0.1, 0.15) is 13.3 Å². The van der Waals surface area contributed by atoms with E-state index in [4.69, 9.17) is 0 Å². The topological polar surface area (TPSA) is 15.3 Å². The largest absolute Gasteiger partial charge is 0.316 e. The highest BCUT2D eigenvalue weighted by Crippen LogP contribution is 2.54. The zero-order valence-electron chi connectivity index (χ0n) is 10.8. The van der Waals surface area contributed by atoms with Gasteiger partial charge in [0, 0.05) is 13.1 Å². The second-order valence-corrected chi connectivity index (χ2v) is 6.61. The van der Waals surface area contributed by atoms with Crippen LogP contribution in [0.4, 0.5) is 0 Å². The SMILES string of the molecule is CCCN1CC2C3C=CC(C4CNCC34)C2C1. The molecular weight excluding hydrogens is 208 g/mol. The third-order valence-corrected chi connectivity index (χ3v) is 5.87. The van der Waals surface area contributed by atoms with E-state index >= 15 is 0 Å². The van der Waals surface area contributed by atoms with Gasteiger partial charge < -0.3 is 10.2 Å². The van der Waals surface area contributed by atoms with E-state index in [1.54, 1.807) is 0 Å². The summed E-state index contributed by atoms with van der Waals surface area (Å²) < 4.78 is 0. The van der Waals surface area contributed by atoms with Gasteiger partial charge in [-0.2, -0.15) is 0 Å². The second kappa shape index (κ2) is 3.83. The van der Waals surface area contributed by atoms with Crippen molar-refractivity contribution in [2.45, 2.75) is 13.3 Å². The Morgan fingerprint density at radius 3 is 2.12 bits per heavy atom. The summed E-state index contributed by atoms with van der Waals surface area (Å²) in [6.45, 7) is 8.97. The van der Waals surface area contributed by atoms with Crippen LogP contribution in [0.25, 0.3) is 0 Å². The van der Waals surface area contributed by atoms with Crippen LogP contribution in [-0.4, -0.2) is 37.6 Å². The van der Waals surface area contributed by atoms with Crippen LogP contribution >= 0.6 is 0 Å². The third kappa shape index (κ3) is 1.40. The average Bonchev–Trinajstić information content (AvgIpc) is 2.95. The molecule has 2 nitrogen and oxygen atoms in total. The number of likely N-dealkylation sites (tertiary alicyclic amines) is 1. The van der Waals surface area contributed by atoms with Crippen LogP contribution in [0.3, 0.4) is 0 Å². The minimum atomic E-state index is 0.895. The van der Waals surface area contributed by atoms with Gasteiger partial charge in [0.2, 0.25) is 0 Å².